The van der Waals surface area contributed by atoms with Gasteiger partial charge in [0.15, 0.2) is 0 Å². The van der Waals surface area contributed by atoms with Crippen molar-refractivity contribution in [1.82, 2.24) is 15.5 Å². The number of hydrogen-bond donors (Lipinski definition) is 2. The van der Waals surface area contributed by atoms with E-state index < -0.39 is 11.8 Å². The zero-order chi connectivity index (χ0) is 14.7. The molecule has 114 valence electrons. The first-order chi connectivity index (χ1) is 10.2. The van der Waals surface area contributed by atoms with Crippen LogP contribution in [0.5, 0.6) is 0 Å². The van der Waals surface area contributed by atoms with E-state index in [1.807, 2.05) is 0 Å². The van der Waals surface area contributed by atoms with Crippen LogP contribution in [0.4, 0.5) is 0 Å². The van der Waals surface area contributed by atoms with E-state index in [9.17, 15) is 9.59 Å². The van der Waals surface area contributed by atoms with Crippen LogP contribution in [0.3, 0.4) is 0 Å². The molecule has 0 spiro atoms. The number of carbonyl (C=O) groups excluding carboxylic acids is 2. The van der Waals surface area contributed by atoms with E-state index in [1.54, 1.807) is 11.3 Å². The van der Waals surface area contributed by atoms with Crippen LogP contribution in [0.25, 0.3) is 0 Å². The van der Waals surface area contributed by atoms with E-state index >= 15 is 0 Å². The highest BCUT2D eigenvalue weighted by Gasteiger charge is 2.28. The molecule has 1 atom stereocenters. The van der Waals surface area contributed by atoms with Crippen LogP contribution >= 0.6 is 11.3 Å². The van der Waals surface area contributed by atoms with Crippen LogP contribution in [0, 0.1) is 0 Å². The molecule has 2 fully saturated rings. The summed E-state index contributed by atoms with van der Waals surface area (Å²) in [5.74, 6) is -1.01. The summed E-state index contributed by atoms with van der Waals surface area (Å²) < 4.78 is 0. The Bertz CT molecular complexity index is 493. The van der Waals surface area contributed by atoms with Crippen LogP contribution in [0.2, 0.25) is 0 Å². The van der Waals surface area contributed by atoms with Crippen molar-refractivity contribution < 1.29 is 9.59 Å². The lowest BCUT2D eigenvalue weighted by Crippen LogP contribution is -2.44. The standard InChI is InChI=1S/C15H21N3O2S/c19-14(15(20)17-12-3-4-12)16-9-13(11-5-8-21-10-11)18-6-1-2-7-18/h5,8,10,12-13H,1-4,6-7,9H2,(H,16,19)(H,17,20)/t13-/m0/s1. The Morgan fingerprint density at radius 2 is 2.05 bits per heavy atom. The first-order valence-electron chi connectivity index (χ1n) is 7.59. The van der Waals surface area contributed by atoms with Crippen molar-refractivity contribution in [2.24, 2.45) is 0 Å². The summed E-state index contributed by atoms with van der Waals surface area (Å²) in [5, 5.41) is 9.69. The fraction of sp³-hybridized carbons (Fsp3) is 0.600. The molecule has 6 heteroatoms. The molecule has 5 nitrogen and oxygen atoms in total. The van der Waals surface area contributed by atoms with Gasteiger partial charge in [-0.05, 0) is 61.2 Å². The molecule has 0 radical (unpaired) electrons. The number of hydrogen-bond acceptors (Lipinski definition) is 4. The molecular formula is C15H21N3O2S. The number of nitrogens with zero attached hydrogens (tertiary/aromatic N) is 1. The minimum Gasteiger partial charge on any atom is -0.346 e. The molecule has 1 saturated carbocycles. The lowest BCUT2D eigenvalue weighted by molar-refractivity contribution is -0.139. The van der Waals surface area contributed by atoms with E-state index in [4.69, 9.17) is 0 Å². The van der Waals surface area contributed by atoms with Gasteiger partial charge in [0.25, 0.3) is 0 Å². The van der Waals surface area contributed by atoms with Crippen LogP contribution in [0.15, 0.2) is 16.8 Å². The van der Waals surface area contributed by atoms with Gasteiger partial charge in [-0.3, -0.25) is 14.5 Å². The number of rotatable bonds is 5. The lowest BCUT2D eigenvalue weighted by atomic mass is 10.1. The minimum absolute atomic E-state index is 0.177. The Hall–Kier alpha value is -1.40. The van der Waals surface area contributed by atoms with Gasteiger partial charge in [-0.2, -0.15) is 11.3 Å². The molecule has 0 bridgehead atoms. The smallest absolute Gasteiger partial charge is 0.309 e. The molecule has 21 heavy (non-hydrogen) atoms. The molecule has 3 rings (SSSR count). The predicted molar refractivity (Wildman–Crippen MR) is 82.0 cm³/mol. The van der Waals surface area contributed by atoms with Crippen LogP contribution in [0.1, 0.15) is 37.3 Å². The Labute approximate surface area is 128 Å². The van der Waals surface area contributed by atoms with Crippen molar-refractivity contribution in [3.8, 4) is 0 Å². The molecule has 0 aromatic carbocycles. The van der Waals surface area contributed by atoms with E-state index in [0.29, 0.717) is 6.54 Å². The Morgan fingerprint density at radius 3 is 2.67 bits per heavy atom. The van der Waals surface area contributed by atoms with Gasteiger partial charge < -0.3 is 10.6 Å². The van der Waals surface area contributed by atoms with E-state index in [1.165, 1.54) is 18.4 Å². The molecular weight excluding hydrogens is 286 g/mol. The van der Waals surface area contributed by atoms with Gasteiger partial charge in [0, 0.05) is 12.6 Å². The molecule has 2 N–H and O–H groups in total. The van der Waals surface area contributed by atoms with Gasteiger partial charge in [0.05, 0.1) is 6.04 Å². The lowest BCUT2D eigenvalue weighted by Gasteiger charge is -2.27. The fourth-order valence-electron chi connectivity index (χ4n) is 2.72. The topological polar surface area (TPSA) is 61.4 Å². The van der Waals surface area contributed by atoms with Crippen LogP contribution < -0.4 is 10.6 Å². The molecule has 1 aliphatic carbocycles. The average molecular weight is 307 g/mol. The minimum atomic E-state index is -0.513. The number of nitrogens with one attached hydrogen (secondary N) is 2. The molecule has 0 unspecified atom stereocenters. The number of carbonyl (C=O) groups is 2. The third-order valence-electron chi connectivity index (χ3n) is 4.08. The number of likely N-dealkylation sites (tertiary alicyclic amines) is 1. The van der Waals surface area contributed by atoms with Crippen molar-refractivity contribution in [1.29, 1.82) is 0 Å². The summed E-state index contributed by atoms with van der Waals surface area (Å²) in [6.45, 7) is 2.61. The number of amides is 2. The summed E-state index contributed by atoms with van der Waals surface area (Å²) >= 11 is 1.67. The molecule has 1 aliphatic heterocycles. The second-order valence-electron chi connectivity index (χ2n) is 5.77. The SMILES string of the molecule is O=C(NC[C@@H](c1ccsc1)N1CCCC1)C(=O)NC1CC1. The van der Waals surface area contributed by atoms with Gasteiger partial charge in [0.1, 0.15) is 0 Å². The maximum Gasteiger partial charge on any atom is 0.309 e. The summed E-state index contributed by atoms with van der Waals surface area (Å²) in [6.07, 6.45) is 4.39. The van der Waals surface area contributed by atoms with E-state index in [2.05, 4.69) is 32.4 Å². The maximum atomic E-state index is 11.9. The average Bonchev–Trinajstić information content (AvgIpc) is 2.99. The Morgan fingerprint density at radius 1 is 1.29 bits per heavy atom. The second-order valence-corrected chi connectivity index (χ2v) is 6.55. The Balaban J connectivity index is 1.56. The zero-order valence-corrected chi connectivity index (χ0v) is 12.8. The highest BCUT2D eigenvalue weighted by molar-refractivity contribution is 7.07. The summed E-state index contributed by atoms with van der Waals surface area (Å²) in [5.41, 5.74) is 1.23. The molecule has 1 aromatic rings. The Kier molecular flexibility index (Phi) is 4.55. The van der Waals surface area contributed by atoms with Gasteiger partial charge in [-0.15, -0.1) is 0 Å². The van der Waals surface area contributed by atoms with E-state index in [0.717, 1.165) is 25.9 Å². The summed E-state index contributed by atoms with van der Waals surface area (Å²) in [4.78, 5) is 25.9. The normalized spacial score (nSPS) is 20.2. The fourth-order valence-corrected chi connectivity index (χ4v) is 3.43. The molecule has 1 aromatic heterocycles. The van der Waals surface area contributed by atoms with Gasteiger partial charge in [-0.25, -0.2) is 0 Å². The molecule has 2 heterocycles. The molecule has 2 aliphatic rings. The number of thiophene rings is 1. The molecule has 1 saturated heterocycles. The monoisotopic (exact) mass is 307 g/mol. The molecule has 2 amide bonds. The first kappa shape index (κ1) is 14.5. The summed E-state index contributed by atoms with van der Waals surface area (Å²) in [7, 11) is 0. The van der Waals surface area contributed by atoms with Gasteiger partial charge in [0.2, 0.25) is 0 Å². The first-order valence-corrected chi connectivity index (χ1v) is 8.53. The third kappa shape index (κ3) is 3.83. The van der Waals surface area contributed by atoms with Gasteiger partial charge >= 0.3 is 11.8 Å². The second kappa shape index (κ2) is 6.58. The van der Waals surface area contributed by atoms with Crippen LogP contribution in [-0.4, -0.2) is 42.4 Å². The van der Waals surface area contributed by atoms with Crippen molar-refractivity contribution in [2.45, 2.75) is 37.8 Å². The summed E-state index contributed by atoms with van der Waals surface area (Å²) in [6, 6.07) is 2.50. The predicted octanol–water partition coefficient (Wildman–Crippen LogP) is 1.28. The quantitative estimate of drug-likeness (QED) is 0.806. The largest absolute Gasteiger partial charge is 0.346 e. The maximum absolute atomic E-state index is 11.9. The third-order valence-corrected chi connectivity index (χ3v) is 4.79. The van der Waals surface area contributed by atoms with Crippen molar-refractivity contribution in [3.63, 3.8) is 0 Å². The van der Waals surface area contributed by atoms with Crippen LogP contribution in [-0.2, 0) is 9.59 Å². The highest BCUT2D eigenvalue weighted by atomic mass is 32.1. The van der Waals surface area contributed by atoms with E-state index in [-0.39, 0.29) is 12.1 Å². The zero-order valence-electron chi connectivity index (χ0n) is 12.0. The van der Waals surface area contributed by atoms with Crippen molar-refractivity contribution in [3.05, 3.63) is 22.4 Å². The van der Waals surface area contributed by atoms with Crippen molar-refractivity contribution in [2.75, 3.05) is 19.6 Å². The van der Waals surface area contributed by atoms with Gasteiger partial charge in [-0.1, -0.05) is 0 Å². The van der Waals surface area contributed by atoms with Crippen molar-refractivity contribution >= 4 is 23.2 Å². The highest BCUT2D eigenvalue weighted by Crippen LogP contribution is 2.26.